The average molecular weight is 421 g/mol. The monoisotopic (exact) mass is 421 g/mol. The lowest BCUT2D eigenvalue weighted by Crippen LogP contribution is -2.18. The fourth-order valence-corrected chi connectivity index (χ4v) is 3.13. The molecule has 0 amide bonds. The Bertz CT molecular complexity index is 1020. The first-order valence-corrected chi connectivity index (χ1v) is 10.2. The molecule has 0 unspecified atom stereocenters. The Morgan fingerprint density at radius 3 is 2.55 bits per heavy atom. The van der Waals surface area contributed by atoms with E-state index in [1.165, 1.54) is 32.4 Å². The molecule has 10 heteroatoms. The quantitative estimate of drug-likeness (QED) is 0.377. The van der Waals surface area contributed by atoms with Crippen molar-refractivity contribution < 1.29 is 22.8 Å². The Balaban J connectivity index is 2.16. The standard InChI is InChI=1S/C19H23N3O6S/c1-13(2)12-28-18-8-6-15(9-19(18)27-4)11-20-21-29(25,26)16-7-5-14(3)17(10-16)22(23)24/h5-11,13,21H,12H2,1-4H3/b20-11-. The fourth-order valence-electron chi connectivity index (χ4n) is 2.32. The minimum atomic E-state index is -4.05. The van der Waals surface area contributed by atoms with Crippen LogP contribution in [0, 0.1) is 23.0 Å². The van der Waals surface area contributed by atoms with Gasteiger partial charge in [0.1, 0.15) is 0 Å². The Hall–Kier alpha value is -3.14. The van der Waals surface area contributed by atoms with Crippen LogP contribution in [0.2, 0.25) is 0 Å². The third-order valence-corrected chi connectivity index (χ3v) is 5.05. The first-order valence-electron chi connectivity index (χ1n) is 8.75. The Labute approximate surface area is 169 Å². The van der Waals surface area contributed by atoms with Crippen LogP contribution >= 0.6 is 0 Å². The van der Waals surface area contributed by atoms with Crippen molar-refractivity contribution in [1.82, 2.24) is 4.83 Å². The van der Waals surface area contributed by atoms with Gasteiger partial charge in [0.25, 0.3) is 15.7 Å². The van der Waals surface area contributed by atoms with E-state index in [0.29, 0.717) is 35.2 Å². The molecule has 0 heterocycles. The van der Waals surface area contributed by atoms with E-state index < -0.39 is 14.9 Å². The number of nitrogens with one attached hydrogen (secondary N) is 1. The van der Waals surface area contributed by atoms with Gasteiger partial charge in [0.2, 0.25) is 0 Å². The van der Waals surface area contributed by atoms with Gasteiger partial charge in [-0.15, -0.1) is 0 Å². The molecule has 0 atom stereocenters. The molecule has 0 bridgehead atoms. The molecule has 0 aromatic heterocycles. The second-order valence-electron chi connectivity index (χ2n) is 6.67. The highest BCUT2D eigenvalue weighted by Crippen LogP contribution is 2.28. The van der Waals surface area contributed by atoms with Crippen molar-refractivity contribution in [3.8, 4) is 11.5 Å². The third kappa shape index (κ3) is 5.92. The van der Waals surface area contributed by atoms with E-state index in [2.05, 4.69) is 5.10 Å². The van der Waals surface area contributed by atoms with Crippen molar-refractivity contribution >= 4 is 21.9 Å². The molecule has 9 nitrogen and oxygen atoms in total. The number of hydrogen-bond acceptors (Lipinski definition) is 7. The maximum Gasteiger partial charge on any atom is 0.276 e. The highest BCUT2D eigenvalue weighted by atomic mass is 32.2. The highest BCUT2D eigenvalue weighted by Gasteiger charge is 2.19. The number of aryl methyl sites for hydroxylation is 1. The first kappa shape index (κ1) is 22.2. The van der Waals surface area contributed by atoms with E-state index in [4.69, 9.17) is 9.47 Å². The lowest BCUT2D eigenvalue weighted by atomic mass is 10.2. The third-order valence-electron chi connectivity index (χ3n) is 3.83. The van der Waals surface area contributed by atoms with Gasteiger partial charge in [-0.2, -0.15) is 13.5 Å². The summed E-state index contributed by atoms with van der Waals surface area (Å²) >= 11 is 0. The van der Waals surface area contributed by atoms with Crippen molar-refractivity contribution in [3.05, 3.63) is 57.6 Å². The minimum absolute atomic E-state index is 0.248. The van der Waals surface area contributed by atoms with E-state index in [1.54, 1.807) is 18.2 Å². The smallest absolute Gasteiger partial charge is 0.276 e. The zero-order valence-electron chi connectivity index (χ0n) is 16.6. The number of methoxy groups -OCH3 is 1. The van der Waals surface area contributed by atoms with E-state index in [-0.39, 0.29) is 10.6 Å². The van der Waals surface area contributed by atoms with E-state index >= 15 is 0 Å². The summed E-state index contributed by atoms with van der Waals surface area (Å²) in [7, 11) is -2.55. The van der Waals surface area contributed by atoms with E-state index in [0.717, 1.165) is 6.07 Å². The predicted molar refractivity (Wildman–Crippen MR) is 109 cm³/mol. The van der Waals surface area contributed by atoms with Gasteiger partial charge in [0.15, 0.2) is 11.5 Å². The Morgan fingerprint density at radius 2 is 1.93 bits per heavy atom. The largest absolute Gasteiger partial charge is 0.493 e. The molecule has 0 saturated carbocycles. The normalized spacial score (nSPS) is 11.6. The number of hydrogen-bond donors (Lipinski definition) is 1. The van der Waals surface area contributed by atoms with Gasteiger partial charge >= 0.3 is 0 Å². The number of nitro groups is 1. The second-order valence-corrected chi connectivity index (χ2v) is 8.33. The molecule has 0 fully saturated rings. The summed E-state index contributed by atoms with van der Waals surface area (Å²) in [5.41, 5.74) is 0.666. The number of ether oxygens (including phenoxy) is 2. The van der Waals surface area contributed by atoms with Crippen LogP contribution in [0.1, 0.15) is 25.0 Å². The van der Waals surface area contributed by atoms with Gasteiger partial charge < -0.3 is 9.47 Å². The van der Waals surface area contributed by atoms with Crippen molar-refractivity contribution in [1.29, 1.82) is 0 Å². The van der Waals surface area contributed by atoms with Crippen LogP contribution < -0.4 is 14.3 Å². The maximum absolute atomic E-state index is 12.3. The molecular weight excluding hydrogens is 398 g/mol. The number of sulfonamides is 1. The van der Waals surface area contributed by atoms with Gasteiger partial charge in [0, 0.05) is 11.6 Å². The van der Waals surface area contributed by atoms with Crippen LogP contribution in [-0.4, -0.2) is 33.3 Å². The Kier molecular flexibility index (Phi) is 7.16. The minimum Gasteiger partial charge on any atom is -0.493 e. The van der Waals surface area contributed by atoms with Crippen molar-refractivity contribution in [2.24, 2.45) is 11.0 Å². The predicted octanol–water partition coefficient (Wildman–Crippen LogP) is 3.26. The number of hydrazone groups is 1. The molecule has 29 heavy (non-hydrogen) atoms. The molecule has 0 spiro atoms. The van der Waals surface area contributed by atoms with Crippen LogP contribution in [0.5, 0.6) is 11.5 Å². The molecule has 0 saturated heterocycles. The summed E-state index contributed by atoms with van der Waals surface area (Å²) in [4.78, 5) is 12.2. The molecule has 2 aromatic carbocycles. The molecule has 1 N–H and O–H groups in total. The van der Waals surface area contributed by atoms with Gasteiger partial charge in [-0.25, -0.2) is 4.83 Å². The summed E-state index contributed by atoms with van der Waals surface area (Å²) in [5, 5.41) is 14.7. The van der Waals surface area contributed by atoms with E-state index in [9.17, 15) is 18.5 Å². The number of rotatable bonds is 9. The van der Waals surface area contributed by atoms with Crippen LogP contribution in [0.3, 0.4) is 0 Å². The molecule has 2 aromatic rings. The second kappa shape index (κ2) is 9.37. The molecule has 156 valence electrons. The zero-order chi connectivity index (χ0) is 21.6. The lowest BCUT2D eigenvalue weighted by molar-refractivity contribution is -0.385. The van der Waals surface area contributed by atoms with Crippen molar-refractivity contribution in [2.45, 2.75) is 25.7 Å². The Morgan fingerprint density at radius 1 is 1.21 bits per heavy atom. The molecule has 0 aliphatic rings. The fraction of sp³-hybridized carbons (Fsp3) is 0.316. The molecule has 0 aliphatic carbocycles. The highest BCUT2D eigenvalue weighted by molar-refractivity contribution is 7.89. The van der Waals surface area contributed by atoms with Crippen LogP contribution in [-0.2, 0) is 10.0 Å². The zero-order valence-corrected chi connectivity index (χ0v) is 17.4. The number of nitrogens with zero attached hydrogens (tertiary/aromatic N) is 2. The van der Waals surface area contributed by atoms with Crippen molar-refractivity contribution in [2.75, 3.05) is 13.7 Å². The SMILES string of the molecule is COc1cc(/C=N\NS(=O)(=O)c2ccc(C)c([N+](=O)[O-])c2)ccc1OCC(C)C. The summed E-state index contributed by atoms with van der Waals surface area (Å²) in [6.07, 6.45) is 1.30. The summed E-state index contributed by atoms with van der Waals surface area (Å²) < 4.78 is 35.6. The number of benzene rings is 2. The number of nitro benzene ring substituents is 1. The van der Waals surface area contributed by atoms with Gasteiger partial charge in [-0.1, -0.05) is 19.9 Å². The molecule has 0 aliphatic heterocycles. The average Bonchev–Trinajstić information content (AvgIpc) is 2.66. The van der Waals surface area contributed by atoms with Crippen LogP contribution in [0.4, 0.5) is 5.69 Å². The van der Waals surface area contributed by atoms with Crippen LogP contribution in [0.25, 0.3) is 0 Å². The van der Waals surface area contributed by atoms with Crippen LogP contribution in [0.15, 0.2) is 46.4 Å². The summed E-state index contributed by atoms with van der Waals surface area (Å²) in [5.74, 6) is 1.42. The maximum atomic E-state index is 12.3. The van der Waals surface area contributed by atoms with Gasteiger partial charge in [0.05, 0.1) is 29.8 Å². The van der Waals surface area contributed by atoms with Crippen molar-refractivity contribution in [3.63, 3.8) is 0 Å². The topological polar surface area (TPSA) is 120 Å². The van der Waals surface area contributed by atoms with Gasteiger partial charge in [-0.05, 0) is 42.7 Å². The molecule has 2 rings (SSSR count). The molecular formula is C19H23N3O6S. The first-order chi connectivity index (χ1) is 13.6. The van der Waals surface area contributed by atoms with E-state index in [1.807, 2.05) is 18.7 Å². The summed E-state index contributed by atoms with van der Waals surface area (Å²) in [6.45, 7) is 6.12. The summed E-state index contributed by atoms with van der Waals surface area (Å²) in [6, 6.07) is 8.72. The van der Waals surface area contributed by atoms with Gasteiger partial charge in [-0.3, -0.25) is 10.1 Å². The lowest BCUT2D eigenvalue weighted by Gasteiger charge is -2.12. The molecule has 0 radical (unpaired) electrons.